The number of benzene rings is 1. The van der Waals surface area contributed by atoms with Crippen LogP contribution in [0.1, 0.15) is 36.0 Å². The van der Waals surface area contributed by atoms with Gasteiger partial charge in [-0.1, -0.05) is 0 Å². The average molecular weight is 262 g/mol. The predicted molar refractivity (Wildman–Crippen MR) is 72.3 cm³/mol. The smallest absolute Gasteiger partial charge is 0.335 e. The molecule has 1 aliphatic carbocycles. The van der Waals surface area contributed by atoms with E-state index in [1.807, 2.05) is 0 Å². The molecule has 0 unspecified atom stereocenters. The fraction of sp³-hybridized carbons (Fsp3) is 0.429. The number of rotatable bonds is 7. The molecule has 0 aliphatic heterocycles. The minimum Gasteiger partial charge on any atom is -0.478 e. The molecule has 0 spiro atoms. The third kappa shape index (κ3) is 4.62. The third-order valence-corrected chi connectivity index (χ3v) is 2.98. The van der Waals surface area contributed by atoms with Gasteiger partial charge in [0.1, 0.15) is 0 Å². The first-order valence-electron chi connectivity index (χ1n) is 6.52. The molecule has 102 valence electrons. The second-order valence-electron chi connectivity index (χ2n) is 4.75. The highest BCUT2D eigenvalue weighted by Crippen LogP contribution is 2.18. The normalized spacial score (nSPS) is 13.9. The zero-order valence-corrected chi connectivity index (χ0v) is 10.7. The van der Waals surface area contributed by atoms with Crippen LogP contribution in [0.4, 0.5) is 5.69 Å². The Morgan fingerprint density at radius 2 is 1.89 bits per heavy atom. The number of carboxylic acid groups (broad SMARTS) is 1. The molecule has 0 atom stereocenters. The van der Waals surface area contributed by atoms with E-state index in [-0.39, 0.29) is 11.5 Å². The van der Waals surface area contributed by atoms with Crippen molar-refractivity contribution < 1.29 is 14.7 Å². The number of anilines is 1. The van der Waals surface area contributed by atoms with Crippen LogP contribution >= 0.6 is 0 Å². The number of hydrogen-bond acceptors (Lipinski definition) is 3. The number of carbonyl (C=O) groups is 2. The van der Waals surface area contributed by atoms with E-state index in [4.69, 9.17) is 5.11 Å². The maximum absolute atomic E-state index is 11.4. The van der Waals surface area contributed by atoms with Crippen LogP contribution in [-0.2, 0) is 4.79 Å². The van der Waals surface area contributed by atoms with Crippen molar-refractivity contribution in [3.05, 3.63) is 29.8 Å². The summed E-state index contributed by atoms with van der Waals surface area (Å²) in [5, 5.41) is 14.9. The fourth-order valence-corrected chi connectivity index (χ4v) is 1.74. The van der Waals surface area contributed by atoms with Crippen molar-refractivity contribution in [3.8, 4) is 0 Å². The maximum Gasteiger partial charge on any atom is 0.335 e. The highest BCUT2D eigenvalue weighted by molar-refractivity contribution is 5.88. The summed E-state index contributed by atoms with van der Waals surface area (Å²) in [5.41, 5.74) is 1.14. The molecule has 0 aromatic heterocycles. The van der Waals surface area contributed by atoms with Gasteiger partial charge in [0.15, 0.2) is 0 Å². The minimum atomic E-state index is -0.928. The molecule has 1 amide bonds. The lowest BCUT2D eigenvalue weighted by Gasteiger charge is -2.07. The van der Waals surface area contributed by atoms with E-state index < -0.39 is 5.97 Å². The first-order valence-corrected chi connectivity index (χ1v) is 6.52. The van der Waals surface area contributed by atoms with Gasteiger partial charge < -0.3 is 15.7 Å². The molecular weight excluding hydrogens is 244 g/mol. The summed E-state index contributed by atoms with van der Waals surface area (Å²) in [4.78, 5) is 22.1. The molecule has 1 aromatic rings. The third-order valence-electron chi connectivity index (χ3n) is 2.98. The Morgan fingerprint density at radius 3 is 2.47 bits per heavy atom. The van der Waals surface area contributed by atoms with E-state index in [1.165, 1.54) is 0 Å². The van der Waals surface area contributed by atoms with Crippen LogP contribution in [0, 0.1) is 0 Å². The summed E-state index contributed by atoms with van der Waals surface area (Å²) in [6, 6.07) is 7.00. The van der Waals surface area contributed by atoms with E-state index in [0.29, 0.717) is 19.0 Å². The lowest BCUT2D eigenvalue weighted by Crippen LogP contribution is -2.25. The average Bonchev–Trinajstić information content (AvgIpc) is 3.19. The van der Waals surface area contributed by atoms with Gasteiger partial charge in [-0.15, -0.1) is 0 Å². The van der Waals surface area contributed by atoms with Crippen molar-refractivity contribution in [2.45, 2.75) is 31.7 Å². The zero-order valence-electron chi connectivity index (χ0n) is 10.7. The van der Waals surface area contributed by atoms with Crippen molar-refractivity contribution in [3.63, 3.8) is 0 Å². The van der Waals surface area contributed by atoms with Crippen molar-refractivity contribution in [2.75, 3.05) is 11.9 Å². The molecular formula is C14H18N2O3. The SMILES string of the molecule is O=C(CCCNc1ccc(C(=O)O)cc1)NC1CC1. The van der Waals surface area contributed by atoms with Gasteiger partial charge >= 0.3 is 5.97 Å². The highest BCUT2D eigenvalue weighted by atomic mass is 16.4. The molecule has 0 heterocycles. The standard InChI is InChI=1S/C14H18N2O3/c17-13(16-12-7-8-12)2-1-9-15-11-5-3-10(4-6-11)14(18)19/h3-6,12,15H,1-2,7-9H2,(H,16,17)(H,18,19). The second-order valence-corrected chi connectivity index (χ2v) is 4.75. The number of carboxylic acids is 1. The Balaban J connectivity index is 1.64. The molecule has 0 saturated heterocycles. The van der Waals surface area contributed by atoms with Crippen LogP contribution < -0.4 is 10.6 Å². The van der Waals surface area contributed by atoms with E-state index in [2.05, 4.69) is 10.6 Å². The first-order chi connectivity index (χ1) is 9.15. The van der Waals surface area contributed by atoms with Crippen LogP contribution in [-0.4, -0.2) is 29.6 Å². The van der Waals surface area contributed by atoms with Crippen molar-refractivity contribution >= 4 is 17.6 Å². The van der Waals surface area contributed by atoms with E-state index in [0.717, 1.165) is 24.9 Å². The Morgan fingerprint density at radius 1 is 1.21 bits per heavy atom. The number of amides is 1. The van der Waals surface area contributed by atoms with Crippen LogP contribution in [0.2, 0.25) is 0 Å². The quantitative estimate of drug-likeness (QED) is 0.655. The molecule has 1 saturated carbocycles. The minimum absolute atomic E-state index is 0.116. The number of carbonyl (C=O) groups excluding carboxylic acids is 1. The molecule has 0 radical (unpaired) electrons. The molecule has 2 rings (SSSR count). The first kappa shape index (κ1) is 13.4. The Kier molecular flexibility index (Phi) is 4.39. The van der Waals surface area contributed by atoms with Gasteiger partial charge in [0.25, 0.3) is 0 Å². The lowest BCUT2D eigenvalue weighted by molar-refractivity contribution is -0.121. The van der Waals surface area contributed by atoms with Crippen LogP contribution in [0.3, 0.4) is 0 Å². The van der Waals surface area contributed by atoms with Crippen LogP contribution in [0.5, 0.6) is 0 Å². The van der Waals surface area contributed by atoms with Gasteiger partial charge in [-0.3, -0.25) is 4.79 Å². The van der Waals surface area contributed by atoms with E-state index in [9.17, 15) is 9.59 Å². The van der Waals surface area contributed by atoms with Crippen molar-refractivity contribution in [1.82, 2.24) is 5.32 Å². The van der Waals surface area contributed by atoms with Gasteiger partial charge in [-0.05, 0) is 43.5 Å². The van der Waals surface area contributed by atoms with Gasteiger partial charge in [0.05, 0.1) is 5.56 Å². The van der Waals surface area contributed by atoms with Crippen LogP contribution in [0.15, 0.2) is 24.3 Å². The van der Waals surface area contributed by atoms with Gasteiger partial charge in [0.2, 0.25) is 5.91 Å². The van der Waals surface area contributed by atoms with Gasteiger partial charge in [0, 0.05) is 24.7 Å². The number of hydrogen-bond donors (Lipinski definition) is 3. The number of nitrogens with one attached hydrogen (secondary N) is 2. The van der Waals surface area contributed by atoms with E-state index >= 15 is 0 Å². The molecule has 0 bridgehead atoms. The van der Waals surface area contributed by atoms with Crippen molar-refractivity contribution in [2.24, 2.45) is 0 Å². The second kappa shape index (κ2) is 6.22. The maximum atomic E-state index is 11.4. The molecule has 1 aliphatic rings. The molecule has 5 nitrogen and oxygen atoms in total. The highest BCUT2D eigenvalue weighted by Gasteiger charge is 2.22. The molecule has 1 fully saturated rings. The summed E-state index contributed by atoms with van der Waals surface area (Å²) in [6.45, 7) is 0.699. The summed E-state index contributed by atoms with van der Waals surface area (Å²) < 4.78 is 0. The molecule has 19 heavy (non-hydrogen) atoms. The Bertz CT molecular complexity index is 452. The molecule has 1 aromatic carbocycles. The van der Waals surface area contributed by atoms with Crippen LogP contribution in [0.25, 0.3) is 0 Å². The van der Waals surface area contributed by atoms with Gasteiger partial charge in [-0.25, -0.2) is 4.79 Å². The Labute approximate surface area is 112 Å². The predicted octanol–water partition coefficient (Wildman–Crippen LogP) is 1.86. The molecule has 5 heteroatoms. The topological polar surface area (TPSA) is 78.4 Å². The summed E-state index contributed by atoms with van der Waals surface area (Å²) >= 11 is 0. The zero-order chi connectivity index (χ0) is 13.7. The van der Waals surface area contributed by atoms with Crippen molar-refractivity contribution in [1.29, 1.82) is 0 Å². The largest absolute Gasteiger partial charge is 0.478 e. The summed E-state index contributed by atoms with van der Waals surface area (Å²) in [6.07, 6.45) is 3.51. The van der Waals surface area contributed by atoms with E-state index in [1.54, 1.807) is 24.3 Å². The number of aromatic carboxylic acids is 1. The molecule has 3 N–H and O–H groups in total. The summed E-state index contributed by atoms with van der Waals surface area (Å²) in [7, 11) is 0. The fourth-order valence-electron chi connectivity index (χ4n) is 1.74. The van der Waals surface area contributed by atoms with Gasteiger partial charge in [-0.2, -0.15) is 0 Å². The monoisotopic (exact) mass is 262 g/mol. The Hall–Kier alpha value is -2.04. The lowest BCUT2D eigenvalue weighted by atomic mass is 10.2. The summed E-state index contributed by atoms with van der Waals surface area (Å²) in [5.74, 6) is -0.811.